The Hall–Kier alpha value is -3.41. The van der Waals surface area contributed by atoms with Crippen molar-refractivity contribution in [3.8, 4) is 0 Å². The van der Waals surface area contributed by atoms with E-state index in [0.29, 0.717) is 19.3 Å². The Kier molecular flexibility index (Phi) is 66.2. The molecule has 1 atom stereocenters. The number of carbonyl (C=O) groups excluding carboxylic acids is 3. The van der Waals surface area contributed by atoms with Crippen LogP contribution in [-0.4, -0.2) is 37.2 Å². The highest BCUT2D eigenvalue weighted by molar-refractivity contribution is 5.71. The second kappa shape index (κ2) is 69.1. The van der Waals surface area contributed by atoms with Crippen LogP contribution >= 0.6 is 0 Å². The summed E-state index contributed by atoms with van der Waals surface area (Å²) in [6, 6.07) is 0. The van der Waals surface area contributed by atoms with Crippen LogP contribution < -0.4 is 0 Å². The Labute approximate surface area is 503 Å². The van der Waals surface area contributed by atoms with Crippen molar-refractivity contribution in [3.63, 3.8) is 0 Å². The summed E-state index contributed by atoms with van der Waals surface area (Å²) < 4.78 is 17.0. The quantitative estimate of drug-likeness (QED) is 0.0261. The van der Waals surface area contributed by atoms with E-state index in [1.165, 1.54) is 212 Å². The second-order valence-electron chi connectivity index (χ2n) is 23.4. The fraction of sp³-hybridized carbons (Fsp3) is 0.773. The van der Waals surface area contributed by atoms with Gasteiger partial charge in [0, 0.05) is 19.3 Å². The first-order valence-electron chi connectivity index (χ1n) is 35.1. The predicted molar refractivity (Wildman–Crippen MR) is 353 cm³/mol. The van der Waals surface area contributed by atoms with Crippen molar-refractivity contribution >= 4 is 17.9 Å². The Bertz CT molecular complexity index is 1530. The van der Waals surface area contributed by atoms with Gasteiger partial charge in [-0.1, -0.05) is 324 Å². The van der Waals surface area contributed by atoms with Gasteiger partial charge < -0.3 is 14.2 Å². The van der Waals surface area contributed by atoms with Crippen molar-refractivity contribution < 1.29 is 28.6 Å². The molecule has 6 nitrogen and oxygen atoms in total. The summed E-state index contributed by atoms with van der Waals surface area (Å²) in [5.74, 6) is -0.870. The van der Waals surface area contributed by atoms with Gasteiger partial charge in [0.1, 0.15) is 13.2 Å². The molecule has 0 bridgehead atoms. The molecule has 0 aromatic rings. The van der Waals surface area contributed by atoms with Crippen LogP contribution in [0.5, 0.6) is 0 Å². The lowest BCUT2D eigenvalue weighted by Crippen LogP contribution is -2.30. The summed E-state index contributed by atoms with van der Waals surface area (Å²) in [7, 11) is 0. The van der Waals surface area contributed by atoms with Gasteiger partial charge in [-0.25, -0.2) is 0 Å². The summed E-state index contributed by atoms with van der Waals surface area (Å²) in [5, 5.41) is 0. The molecule has 81 heavy (non-hydrogen) atoms. The minimum Gasteiger partial charge on any atom is -0.462 e. The number of hydrogen-bond donors (Lipinski definition) is 0. The maximum absolute atomic E-state index is 12.9. The summed E-state index contributed by atoms with van der Waals surface area (Å²) in [6.45, 7) is 6.56. The Balaban J connectivity index is 4.29. The number of ether oxygens (including phenoxy) is 3. The highest BCUT2D eigenvalue weighted by Gasteiger charge is 2.19. The maximum atomic E-state index is 12.9. The molecule has 0 heterocycles. The predicted octanol–water partition coefficient (Wildman–Crippen LogP) is 24.2. The number of carbonyl (C=O) groups is 3. The van der Waals surface area contributed by atoms with Crippen molar-refractivity contribution in [1.82, 2.24) is 0 Å². The van der Waals surface area contributed by atoms with Crippen molar-refractivity contribution in [1.29, 1.82) is 0 Å². The third kappa shape index (κ3) is 67.3. The third-order valence-corrected chi connectivity index (χ3v) is 15.4. The van der Waals surface area contributed by atoms with E-state index in [-0.39, 0.29) is 31.1 Å². The van der Waals surface area contributed by atoms with Gasteiger partial charge in [0.25, 0.3) is 0 Å². The van der Waals surface area contributed by atoms with E-state index >= 15 is 0 Å². The molecule has 0 saturated heterocycles. The molecular formula is C75H132O6. The minimum absolute atomic E-state index is 0.0776. The molecule has 0 radical (unpaired) electrons. The van der Waals surface area contributed by atoms with Gasteiger partial charge >= 0.3 is 17.9 Å². The Morgan fingerprint density at radius 1 is 0.259 bits per heavy atom. The van der Waals surface area contributed by atoms with E-state index in [9.17, 15) is 14.4 Å². The van der Waals surface area contributed by atoms with E-state index in [1.807, 2.05) is 0 Å². The molecule has 468 valence electrons. The van der Waals surface area contributed by atoms with Gasteiger partial charge in [-0.15, -0.1) is 0 Å². The highest BCUT2D eigenvalue weighted by Crippen LogP contribution is 2.18. The maximum Gasteiger partial charge on any atom is 0.306 e. The van der Waals surface area contributed by atoms with Crippen LogP contribution in [-0.2, 0) is 28.6 Å². The standard InChI is InChI=1S/C75H132O6/c1-4-7-10-13-16-19-22-25-28-30-32-34-35-36-37-38-39-40-41-42-44-45-47-50-53-56-59-62-65-68-74(77)80-71-72(70-79-73(76)67-64-61-58-55-52-49-27-24-21-18-15-12-9-6-3)81-75(78)69-66-63-60-57-54-51-48-46-43-33-31-29-26-23-20-17-14-11-8-5-2/h7,10,16,19,24-25,27-28,32,34,36-37,39-40,72H,4-6,8-9,11-15,17-18,20-23,26,29-31,33,35,38,41-71H2,1-3H3/b10-7-,19-16-,27-24-,28-25-,34-32-,37-36-,40-39-. The highest BCUT2D eigenvalue weighted by atomic mass is 16.6. The SMILES string of the molecule is CC/C=C\C/C=C\C/C=C\C/C=C\C/C=C\C/C=C\CCCCCCCCCCCCC(=O)OCC(COC(=O)CCCCCCC/C=C\CCCCCCC)OC(=O)CCCCCCCCCCCCCCCCCCCCCC. The largest absolute Gasteiger partial charge is 0.462 e. The lowest BCUT2D eigenvalue weighted by molar-refractivity contribution is -0.167. The van der Waals surface area contributed by atoms with Gasteiger partial charge in [0.15, 0.2) is 6.10 Å². The molecule has 1 unspecified atom stereocenters. The molecule has 0 rings (SSSR count). The Morgan fingerprint density at radius 2 is 0.481 bits per heavy atom. The Morgan fingerprint density at radius 3 is 0.765 bits per heavy atom. The number of unbranched alkanes of at least 4 members (excludes halogenated alkanes) is 39. The zero-order chi connectivity index (χ0) is 58.5. The topological polar surface area (TPSA) is 78.9 Å². The summed E-state index contributed by atoms with van der Waals surface area (Å²) >= 11 is 0. The number of esters is 3. The van der Waals surface area contributed by atoms with Crippen molar-refractivity contribution in [3.05, 3.63) is 85.1 Å². The molecule has 0 aromatic carbocycles. The average Bonchev–Trinajstić information content (AvgIpc) is 3.47. The van der Waals surface area contributed by atoms with Gasteiger partial charge in [-0.05, 0) is 96.3 Å². The van der Waals surface area contributed by atoms with Crippen molar-refractivity contribution in [2.45, 2.75) is 361 Å². The van der Waals surface area contributed by atoms with Crippen LogP contribution in [0, 0.1) is 0 Å². The summed E-state index contributed by atoms with van der Waals surface area (Å²) in [6.07, 6.45) is 91.7. The zero-order valence-electron chi connectivity index (χ0n) is 53.8. The smallest absolute Gasteiger partial charge is 0.306 e. The molecule has 0 amide bonds. The summed E-state index contributed by atoms with van der Waals surface area (Å²) in [5.41, 5.74) is 0. The van der Waals surface area contributed by atoms with Crippen molar-refractivity contribution in [2.75, 3.05) is 13.2 Å². The van der Waals surface area contributed by atoms with Gasteiger partial charge in [0.2, 0.25) is 0 Å². The first-order valence-corrected chi connectivity index (χ1v) is 35.1. The molecule has 0 spiro atoms. The second-order valence-corrected chi connectivity index (χ2v) is 23.4. The lowest BCUT2D eigenvalue weighted by Gasteiger charge is -2.18. The fourth-order valence-corrected chi connectivity index (χ4v) is 10.2. The molecule has 0 aromatic heterocycles. The molecular weight excluding hydrogens is 997 g/mol. The van der Waals surface area contributed by atoms with Crippen molar-refractivity contribution in [2.24, 2.45) is 0 Å². The minimum atomic E-state index is -0.781. The fourth-order valence-electron chi connectivity index (χ4n) is 10.2. The lowest BCUT2D eigenvalue weighted by atomic mass is 10.0. The summed E-state index contributed by atoms with van der Waals surface area (Å²) in [4.78, 5) is 38.4. The number of hydrogen-bond acceptors (Lipinski definition) is 6. The van der Waals surface area contributed by atoms with Crippen LogP contribution in [0.25, 0.3) is 0 Å². The molecule has 0 aliphatic rings. The third-order valence-electron chi connectivity index (χ3n) is 15.4. The molecule has 0 aliphatic heterocycles. The van der Waals surface area contributed by atoms with E-state index in [1.54, 1.807) is 0 Å². The van der Waals surface area contributed by atoms with Crippen LogP contribution in [0.3, 0.4) is 0 Å². The number of allylic oxidation sites excluding steroid dienone is 14. The first kappa shape index (κ1) is 77.6. The van der Waals surface area contributed by atoms with Gasteiger partial charge in [-0.2, -0.15) is 0 Å². The normalized spacial score (nSPS) is 12.6. The van der Waals surface area contributed by atoms with Gasteiger partial charge in [-0.3, -0.25) is 14.4 Å². The van der Waals surface area contributed by atoms with Crippen LogP contribution in [0.2, 0.25) is 0 Å². The average molecular weight is 1130 g/mol. The van der Waals surface area contributed by atoms with Gasteiger partial charge in [0.05, 0.1) is 0 Å². The van der Waals surface area contributed by atoms with Crippen LogP contribution in [0.15, 0.2) is 85.1 Å². The monoisotopic (exact) mass is 1130 g/mol. The first-order chi connectivity index (χ1) is 40.0. The van der Waals surface area contributed by atoms with E-state index in [2.05, 4.69) is 106 Å². The molecule has 0 N–H and O–H groups in total. The van der Waals surface area contributed by atoms with E-state index in [4.69, 9.17) is 14.2 Å². The molecule has 0 aliphatic carbocycles. The van der Waals surface area contributed by atoms with Crippen LogP contribution in [0.4, 0.5) is 0 Å². The zero-order valence-corrected chi connectivity index (χ0v) is 53.8. The molecule has 0 saturated carbocycles. The van der Waals surface area contributed by atoms with E-state index < -0.39 is 6.10 Å². The number of rotatable bonds is 64. The van der Waals surface area contributed by atoms with E-state index in [0.717, 1.165) is 103 Å². The molecule has 0 fully saturated rings. The molecule has 6 heteroatoms. The van der Waals surface area contributed by atoms with Crippen LogP contribution in [0.1, 0.15) is 355 Å².